The summed E-state index contributed by atoms with van der Waals surface area (Å²) < 4.78 is 3.34. The van der Waals surface area contributed by atoms with E-state index in [9.17, 15) is 9.59 Å². The Hall–Kier alpha value is -3.56. The van der Waals surface area contributed by atoms with E-state index < -0.39 is 0 Å². The van der Waals surface area contributed by atoms with Crippen LogP contribution in [0.15, 0.2) is 23.5 Å². The second-order valence-corrected chi connectivity index (χ2v) is 8.17. The van der Waals surface area contributed by atoms with Crippen molar-refractivity contribution in [1.29, 1.82) is 0 Å². The van der Waals surface area contributed by atoms with E-state index in [2.05, 4.69) is 24.8 Å². The summed E-state index contributed by atoms with van der Waals surface area (Å²) in [6.07, 6.45) is 3.22. The second-order valence-electron chi connectivity index (χ2n) is 8.17. The molecule has 1 saturated heterocycles. The summed E-state index contributed by atoms with van der Waals surface area (Å²) in [6.45, 7) is 11.8. The molecule has 10 heteroatoms. The van der Waals surface area contributed by atoms with E-state index in [0.717, 1.165) is 23.0 Å². The average molecular weight is 437 g/mol. The highest BCUT2D eigenvalue weighted by atomic mass is 16.2. The van der Waals surface area contributed by atoms with E-state index in [4.69, 9.17) is 0 Å². The maximum atomic E-state index is 12.8. The number of rotatable bonds is 4. The van der Waals surface area contributed by atoms with Gasteiger partial charge in [-0.05, 0) is 34.6 Å². The first-order chi connectivity index (χ1) is 15.2. The van der Waals surface area contributed by atoms with Gasteiger partial charge in [0.05, 0.1) is 12.0 Å². The van der Waals surface area contributed by atoms with Crippen LogP contribution >= 0.6 is 0 Å². The van der Waals surface area contributed by atoms with Crippen molar-refractivity contribution in [3.05, 3.63) is 57.5 Å². The fourth-order valence-electron chi connectivity index (χ4n) is 3.77. The van der Waals surface area contributed by atoms with Gasteiger partial charge >= 0.3 is 0 Å². The predicted octanol–water partition coefficient (Wildman–Crippen LogP) is 1.11. The van der Waals surface area contributed by atoms with Gasteiger partial charge in [0.15, 0.2) is 0 Å². The lowest BCUT2D eigenvalue weighted by Crippen LogP contribution is -2.50. The average Bonchev–Trinajstić information content (AvgIpc) is 3.12. The lowest BCUT2D eigenvalue weighted by atomic mass is 10.2. The molecule has 3 aromatic rings. The van der Waals surface area contributed by atoms with Crippen molar-refractivity contribution < 1.29 is 4.79 Å². The molecule has 0 bridgehead atoms. The molecule has 32 heavy (non-hydrogen) atoms. The van der Waals surface area contributed by atoms with Crippen LogP contribution in [-0.2, 0) is 11.3 Å². The quantitative estimate of drug-likeness (QED) is 0.604. The molecule has 0 N–H and O–H groups in total. The van der Waals surface area contributed by atoms with E-state index in [1.165, 1.54) is 10.9 Å². The highest BCUT2D eigenvalue weighted by molar-refractivity contribution is 5.76. The topological polar surface area (TPSA) is 102 Å². The summed E-state index contributed by atoms with van der Waals surface area (Å²) in [6, 6.07) is 1.96. The van der Waals surface area contributed by atoms with Crippen molar-refractivity contribution >= 4 is 11.7 Å². The van der Waals surface area contributed by atoms with Crippen molar-refractivity contribution in [1.82, 2.24) is 34.0 Å². The van der Waals surface area contributed by atoms with Crippen LogP contribution in [0.3, 0.4) is 0 Å². The zero-order valence-corrected chi connectivity index (χ0v) is 19.2. The summed E-state index contributed by atoms with van der Waals surface area (Å²) in [5.41, 5.74) is 3.10. The van der Waals surface area contributed by atoms with Crippen LogP contribution in [-0.4, -0.2) is 66.1 Å². The highest BCUT2D eigenvalue weighted by Gasteiger charge is 2.23. The van der Waals surface area contributed by atoms with Crippen LogP contribution in [0.5, 0.6) is 0 Å². The summed E-state index contributed by atoms with van der Waals surface area (Å²) in [5, 5.41) is 0. The Morgan fingerprint density at radius 3 is 2.22 bits per heavy atom. The Bertz CT molecular complexity index is 1220. The maximum absolute atomic E-state index is 12.8. The van der Waals surface area contributed by atoms with Crippen LogP contribution < -0.4 is 10.5 Å². The molecule has 0 aliphatic carbocycles. The number of aromatic nitrogens is 6. The maximum Gasteiger partial charge on any atom is 0.256 e. The molecule has 4 rings (SSSR count). The Morgan fingerprint density at radius 1 is 0.906 bits per heavy atom. The second kappa shape index (κ2) is 8.52. The van der Waals surface area contributed by atoms with Gasteiger partial charge in [0.1, 0.15) is 30.3 Å². The van der Waals surface area contributed by atoms with Crippen LogP contribution in [0, 0.1) is 34.6 Å². The molecule has 4 heterocycles. The number of imidazole rings is 1. The smallest absolute Gasteiger partial charge is 0.256 e. The van der Waals surface area contributed by atoms with Crippen LogP contribution in [0.25, 0.3) is 5.82 Å². The lowest BCUT2D eigenvalue weighted by Gasteiger charge is -2.35. The fraction of sp³-hybridized carbons (Fsp3) is 0.455. The summed E-state index contributed by atoms with van der Waals surface area (Å²) in [7, 11) is 0. The first-order valence-electron chi connectivity index (χ1n) is 10.7. The SMILES string of the molecule is Cc1nc(N2CCN(C(=O)Cn3cnc(C)c(C)c3=O)CC2)cc(-n2cnc(C)c2C)n1. The molecule has 0 saturated carbocycles. The van der Waals surface area contributed by atoms with E-state index in [-0.39, 0.29) is 18.0 Å². The first-order valence-corrected chi connectivity index (χ1v) is 10.7. The number of amides is 1. The van der Waals surface area contributed by atoms with Gasteiger partial charge in [-0.1, -0.05) is 0 Å². The standard InChI is InChI=1S/C22H28N8O2/c1-14-15(2)23-12-29(22(14)32)11-21(31)28-8-6-27(7-9-28)19-10-20(26-18(5)25-19)30-13-24-16(3)17(30)4/h10,12-13H,6-9,11H2,1-5H3. The molecule has 1 aliphatic rings. The number of piperazine rings is 1. The minimum absolute atomic E-state index is 0.00295. The number of hydrogen-bond donors (Lipinski definition) is 0. The first kappa shape index (κ1) is 21.7. The summed E-state index contributed by atoms with van der Waals surface area (Å²) in [4.78, 5) is 46.8. The van der Waals surface area contributed by atoms with Crippen molar-refractivity contribution in [2.45, 2.75) is 41.2 Å². The molecule has 1 fully saturated rings. The molecular weight excluding hydrogens is 408 g/mol. The molecule has 1 aliphatic heterocycles. The van der Waals surface area contributed by atoms with Crippen LogP contribution in [0.2, 0.25) is 0 Å². The minimum atomic E-state index is -0.168. The molecule has 168 valence electrons. The Kier molecular flexibility index (Phi) is 5.77. The number of nitrogens with zero attached hydrogens (tertiary/aromatic N) is 8. The molecule has 0 atom stereocenters. The molecule has 0 radical (unpaired) electrons. The van der Waals surface area contributed by atoms with Gasteiger partial charge in [0.25, 0.3) is 5.56 Å². The van der Waals surface area contributed by atoms with E-state index in [0.29, 0.717) is 43.3 Å². The third kappa shape index (κ3) is 4.12. The fourth-order valence-corrected chi connectivity index (χ4v) is 3.77. The zero-order valence-electron chi connectivity index (χ0n) is 19.2. The Balaban J connectivity index is 1.45. The van der Waals surface area contributed by atoms with Crippen molar-refractivity contribution in [2.75, 3.05) is 31.1 Å². The number of anilines is 1. The van der Waals surface area contributed by atoms with E-state index in [1.807, 2.05) is 31.4 Å². The molecule has 3 aromatic heterocycles. The normalized spacial score (nSPS) is 14.2. The largest absolute Gasteiger partial charge is 0.353 e. The number of hydrogen-bond acceptors (Lipinski definition) is 7. The zero-order chi connectivity index (χ0) is 23.0. The summed E-state index contributed by atoms with van der Waals surface area (Å²) in [5.74, 6) is 2.22. The minimum Gasteiger partial charge on any atom is -0.353 e. The van der Waals surface area contributed by atoms with Gasteiger partial charge in [-0.3, -0.25) is 18.7 Å². The lowest BCUT2D eigenvalue weighted by molar-refractivity contribution is -0.132. The number of aryl methyl sites for hydroxylation is 3. The molecule has 1 amide bonds. The molecule has 0 unspecified atom stereocenters. The summed E-state index contributed by atoms with van der Waals surface area (Å²) >= 11 is 0. The van der Waals surface area contributed by atoms with Crippen molar-refractivity contribution in [2.24, 2.45) is 0 Å². The van der Waals surface area contributed by atoms with Gasteiger partial charge in [-0.15, -0.1) is 0 Å². The van der Waals surface area contributed by atoms with Crippen LogP contribution in [0.1, 0.15) is 28.5 Å². The monoisotopic (exact) mass is 436 g/mol. The van der Waals surface area contributed by atoms with E-state index in [1.54, 1.807) is 25.1 Å². The predicted molar refractivity (Wildman–Crippen MR) is 120 cm³/mol. The highest BCUT2D eigenvalue weighted by Crippen LogP contribution is 2.19. The third-order valence-electron chi connectivity index (χ3n) is 6.09. The van der Waals surface area contributed by atoms with E-state index >= 15 is 0 Å². The molecule has 10 nitrogen and oxygen atoms in total. The molecule has 0 spiro atoms. The number of carbonyl (C=O) groups excluding carboxylic acids is 1. The van der Waals surface area contributed by atoms with Gasteiger partial charge in [0, 0.05) is 49.2 Å². The number of carbonyl (C=O) groups is 1. The third-order valence-corrected chi connectivity index (χ3v) is 6.09. The molecule has 0 aromatic carbocycles. The Labute approximate surface area is 186 Å². The molecular formula is C22H28N8O2. The van der Waals surface area contributed by atoms with Crippen molar-refractivity contribution in [3.8, 4) is 5.82 Å². The van der Waals surface area contributed by atoms with Gasteiger partial charge < -0.3 is 9.80 Å². The van der Waals surface area contributed by atoms with Gasteiger partial charge in [-0.25, -0.2) is 19.9 Å². The van der Waals surface area contributed by atoms with Crippen LogP contribution in [0.4, 0.5) is 5.82 Å². The van der Waals surface area contributed by atoms with Gasteiger partial charge in [-0.2, -0.15) is 0 Å². The van der Waals surface area contributed by atoms with Crippen molar-refractivity contribution in [3.63, 3.8) is 0 Å². The Morgan fingerprint density at radius 2 is 1.56 bits per heavy atom. The van der Waals surface area contributed by atoms with Gasteiger partial charge in [0.2, 0.25) is 5.91 Å².